The molecule has 0 radical (unpaired) electrons. The smallest absolute Gasteiger partial charge is 0.254 e. The van der Waals surface area contributed by atoms with Crippen LogP contribution in [0.15, 0.2) is 12.1 Å². The van der Waals surface area contributed by atoms with Gasteiger partial charge in [0.2, 0.25) is 0 Å². The molecular formula is C14H20N2O2. The second kappa shape index (κ2) is 4.28. The summed E-state index contributed by atoms with van der Waals surface area (Å²) in [4.78, 5) is 14.1. The fourth-order valence-corrected chi connectivity index (χ4v) is 2.39. The number of hydrogen-bond acceptors (Lipinski definition) is 3. The van der Waals surface area contributed by atoms with Crippen LogP contribution in [0.4, 0.5) is 5.69 Å². The summed E-state index contributed by atoms with van der Waals surface area (Å²) in [6, 6.07) is 3.66. The van der Waals surface area contributed by atoms with Crippen LogP contribution in [-0.2, 0) is 0 Å². The van der Waals surface area contributed by atoms with Crippen molar-refractivity contribution in [2.24, 2.45) is 0 Å². The fourth-order valence-electron chi connectivity index (χ4n) is 2.39. The van der Waals surface area contributed by atoms with Crippen molar-refractivity contribution < 1.29 is 9.90 Å². The van der Waals surface area contributed by atoms with Crippen molar-refractivity contribution in [2.45, 2.75) is 32.8 Å². The molecule has 0 aliphatic carbocycles. The van der Waals surface area contributed by atoms with Crippen molar-refractivity contribution in [3.63, 3.8) is 0 Å². The average molecular weight is 248 g/mol. The molecule has 1 heterocycles. The first kappa shape index (κ1) is 12.9. The fraction of sp³-hybridized carbons (Fsp3) is 0.500. The highest BCUT2D eigenvalue weighted by molar-refractivity contribution is 5.97. The number of likely N-dealkylation sites (tertiary alicyclic amines) is 1. The molecule has 1 aromatic carbocycles. The van der Waals surface area contributed by atoms with Gasteiger partial charge in [-0.2, -0.15) is 0 Å². The summed E-state index contributed by atoms with van der Waals surface area (Å²) >= 11 is 0. The lowest BCUT2D eigenvalue weighted by Crippen LogP contribution is -2.34. The summed E-state index contributed by atoms with van der Waals surface area (Å²) in [7, 11) is 0. The second-order valence-electron chi connectivity index (χ2n) is 5.50. The highest BCUT2D eigenvalue weighted by Crippen LogP contribution is 2.25. The molecule has 4 heteroatoms. The van der Waals surface area contributed by atoms with Crippen LogP contribution < -0.4 is 5.73 Å². The maximum atomic E-state index is 12.4. The first-order valence-electron chi connectivity index (χ1n) is 6.18. The highest BCUT2D eigenvalue weighted by atomic mass is 16.3. The number of amides is 1. The summed E-state index contributed by atoms with van der Waals surface area (Å²) in [6.07, 6.45) is 0.624. The Bertz CT molecular complexity index is 495. The van der Waals surface area contributed by atoms with Crippen LogP contribution in [0, 0.1) is 13.8 Å². The maximum absolute atomic E-state index is 12.4. The van der Waals surface area contributed by atoms with E-state index in [0.29, 0.717) is 30.8 Å². The molecule has 0 aromatic heterocycles. The lowest BCUT2D eigenvalue weighted by atomic mass is 10.0. The molecule has 4 nitrogen and oxygen atoms in total. The minimum absolute atomic E-state index is 0.0445. The summed E-state index contributed by atoms with van der Waals surface area (Å²) in [5.74, 6) is -0.0445. The van der Waals surface area contributed by atoms with Gasteiger partial charge in [-0.1, -0.05) is 6.07 Å². The van der Waals surface area contributed by atoms with Crippen molar-refractivity contribution in [1.82, 2.24) is 4.90 Å². The Morgan fingerprint density at radius 2 is 2.06 bits per heavy atom. The molecule has 1 amide bonds. The molecule has 0 spiro atoms. The Morgan fingerprint density at radius 3 is 2.61 bits per heavy atom. The predicted octanol–water partition coefficient (Wildman–Crippen LogP) is 1.48. The minimum Gasteiger partial charge on any atom is -0.398 e. The van der Waals surface area contributed by atoms with Gasteiger partial charge in [-0.05, 0) is 44.4 Å². The summed E-state index contributed by atoms with van der Waals surface area (Å²) in [5, 5.41) is 9.91. The number of hydrogen-bond donors (Lipinski definition) is 2. The lowest BCUT2D eigenvalue weighted by Gasteiger charge is -2.20. The van der Waals surface area contributed by atoms with Crippen molar-refractivity contribution >= 4 is 11.6 Å². The van der Waals surface area contributed by atoms with E-state index in [1.54, 1.807) is 17.9 Å². The van der Waals surface area contributed by atoms with E-state index in [0.717, 1.165) is 11.1 Å². The van der Waals surface area contributed by atoms with E-state index in [1.807, 2.05) is 19.9 Å². The molecular weight excluding hydrogens is 228 g/mol. The second-order valence-corrected chi connectivity index (χ2v) is 5.50. The lowest BCUT2D eigenvalue weighted by molar-refractivity contribution is 0.0572. The van der Waals surface area contributed by atoms with Crippen LogP contribution in [0.3, 0.4) is 0 Å². The van der Waals surface area contributed by atoms with Crippen LogP contribution in [0.25, 0.3) is 0 Å². The Morgan fingerprint density at radius 1 is 1.39 bits per heavy atom. The predicted molar refractivity (Wildman–Crippen MR) is 71.5 cm³/mol. The van der Waals surface area contributed by atoms with Crippen molar-refractivity contribution in [2.75, 3.05) is 18.8 Å². The van der Waals surface area contributed by atoms with Crippen LogP contribution in [0.1, 0.15) is 34.8 Å². The third-order valence-electron chi connectivity index (χ3n) is 3.58. The van der Waals surface area contributed by atoms with Crippen LogP contribution in [-0.4, -0.2) is 34.6 Å². The number of aryl methyl sites for hydroxylation is 2. The average Bonchev–Trinajstić information content (AvgIpc) is 2.63. The zero-order valence-corrected chi connectivity index (χ0v) is 11.2. The van der Waals surface area contributed by atoms with Crippen LogP contribution in [0.2, 0.25) is 0 Å². The van der Waals surface area contributed by atoms with E-state index in [-0.39, 0.29) is 5.91 Å². The van der Waals surface area contributed by atoms with Gasteiger partial charge >= 0.3 is 0 Å². The molecule has 1 atom stereocenters. The molecule has 98 valence electrons. The number of benzene rings is 1. The zero-order valence-electron chi connectivity index (χ0n) is 11.2. The maximum Gasteiger partial charge on any atom is 0.254 e. The number of carbonyl (C=O) groups excluding carboxylic acids is 1. The molecule has 1 saturated heterocycles. The standard InChI is InChI=1S/C14H20N2O2/c1-9-6-10(2)12(15)7-11(9)13(17)16-5-4-14(3,18)8-16/h6-7,18H,4-5,8,15H2,1-3H3. The van der Waals surface area contributed by atoms with Gasteiger partial charge in [-0.3, -0.25) is 4.79 Å². The normalized spacial score (nSPS) is 23.4. The monoisotopic (exact) mass is 248 g/mol. The van der Waals surface area contributed by atoms with Gasteiger partial charge in [0.15, 0.2) is 0 Å². The van der Waals surface area contributed by atoms with Gasteiger partial charge in [0.25, 0.3) is 5.91 Å². The van der Waals surface area contributed by atoms with Crippen molar-refractivity contribution in [1.29, 1.82) is 0 Å². The largest absolute Gasteiger partial charge is 0.398 e. The number of nitrogen functional groups attached to an aromatic ring is 1. The van der Waals surface area contributed by atoms with E-state index in [9.17, 15) is 9.90 Å². The van der Waals surface area contributed by atoms with E-state index in [2.05, 4.69) is 0 Å². The van der Waals surface area contributed by atoms with E-state index < -0.39 is 5.60 Å². The van der Waals surface area contributed by atoms with E-state index >= 15 is 0 Å². The van der Waals surface area contributed by atoms with Crippen LogP contribution in [0.5, 0.6) is 0 Å². The summed E-state index contributed by atoms with van der Waals surface area (Å²) < 4.78 is 0. The quantitative estimate of drug-likeness (QED) is 0.740. The number of nitrogens with zero attached hydrogens (tertiary/aromatic N) is 1. The number of rotatable bonds is 1. The van der Waals surface area contributed by atoms with E-state index in [1.165, 1.54) is 0 Å². The first-order chi connectivity index (χ1) is 8.30. The minimum atomic E-state index is -0.764. The number of nitrogens with two attached hydrogens (primary N) is 1. The van der Waals surface area contributed by atoms with Gasteiger partial charge in [0.1, 0.15) is 0 Å². The van der Waals surface area contributed by atoms with E-state index in [4.69, 9.17) is 5.73 Å². The Labute approximate surface area is 107 Å². The van der Waals surface area contributed by atoms with Gasteiger partial charge in [-0.15, -0.1) is 0 Å². The molecule has 1 aliphatic rings. The molecule has 3 N–H and O–H groups in total. The highest BCUT2D eigenvalue weighted by Gasteiger charge is 2.34. The topological polar surface area (TPSA) is 66.6 Å². The third kappa shape index (κ3) is 2.34. The summed E-state index contributed by atoms with van der Waals surface area (Å²) in [5.41, 5.74) is 8.28. The number of aliphatic hydroxyl groups is 1. The van der Waals surface area contributed by atoms with Crippen molar-refractivity contribution in [3.8, 4) is 0 Å². The Balaban J connectivity index is 2.27. The first-order valence-corrected chi connectivity index (χ1v) is 6.18. The molecule has 1 unspecified atom stereocenters. The van der Waals surface area contributed by atoms with Crippen LogP contribution >= 0.6 is 0 Å². The molecule has 0 saturated carbocycles. The van der Waals surface area contributed by atoms with Gasteiger partial charge < -0.3 is 15.7 Å². The Kier molecular flexibility index (Phi) is 3.07. The number of carbonyl (C=O) groups is 1. The number of anilines is 1. The molecule has 1 aliphatic heterocycles. The van der Waals surface area contributed by atoms with Crippen molar-refractivity contribution in [3.05, 3.63) is 28.8 Å². The molecule has 2 rings (SSSR count). The molecule has 0 bridgehead atoms. The Hall–Kier alpha value is -1.55. The van der Waals surface area contributed by atoms with Gasteiger partial charge in [-0.25, -0.2) is 0 Å². The molecule has 18 heavy (non-hydrogen) atoms. The number of β-amino-alcohol motifs (C(OH)–C–C–N with tert-alkyl or cyclic N) is 1. The zero-order chi connectivity index (χ0) is 13.5. The SMILES string of the molecule is Cc1cc(C)c(C(=O)N2CCC(C)(O)C2)cc1N. The van der Waals surface area contributed by atoms with Gasteiger partial charge in [0.05, 0.1) is 5.60 Å². The molecule has 1 aromatic rings. The third-order valence-corrected chi connectivity index (χ3v) is 3.58. The molecule has 1 fully saturated rings. The van der Waals surface area contributed by atoms with Gasteiger partial charge in [0, 0.05) is 24.3 Å². The summed E-state index contributed by atoms with van der Waals surface area (Å²) in [6.45, 7) is 6.58.